The molecular weight excluding hydrogens is 227 g/mol. The quantitative estimate of drug-likeness (QED) is 0.820. The Kier molecular flexibility index (Phi) is 2.57. The second kappa shape index (κ2) is 3.62. The van der Waals surface area contributed by atoms with Crippen LogP contribution in [0.3, 0.4) is 0 Å². The molecule has 0 atom stereocenters. The molecule has 15 heavy (non-hydrogen) atoms. The third-order valence-electron chi connectivity index (χ3n) is 2.31. The summed E-state index contributed by atoms with van der Waals surface area (Å²) in [5.74, 6) is 0. The van der Waals surface area contributed by atoms with Gasteiger partial charge in [0, 0.05) is 12.4 Å². The summed E-state index contributed by atoms with van der Waals surface area (Å²) in [5.41, 5.74) is 3.72. The van der Waals surface area contributed by atoms with E-state index in [2.05, 4.69) is 10.3 Å². The van der Waals surface area contributed by atoms with Crippen molar-refractivity contribution in [2.24, 2.45) is 0 Å². The molecule has 2 rings (SSSR count). The van der Waals surface area contributed by atoms with Gasteiger partial charge in [-0.05, 0) is 25.5 Å². The molecule has 1 N–H and O–H groups in total. The number of nitrogens with one attached hydrogen (secondary N) is 1. The van der Waals surface area contributed by atoms with Crippen molar-refractivity contribution in [1.29, 1.82) is 0 Å². The van der Waals surface area contributed by atoms with Crippen LogP contribution in [0.4, 0.5) is 5.69 Å². The topological polar surface area (TPSA) is 42.0 Å². The van der Waals surface area contributed by atoms with Crippen molar-refractivity contribution in [2.45, 2.75) is 0 Å². The first-order valence-corrected chi connectivity index (χ1v) is 8.11. The van der Waals surface area contributed by atoms with Gasteiger partial charge in [0.05, 0.1) is 21.4 Å². The molecule has 1 heterocycles. The van der Waals surface area contributed by atoms with Crippen molar-refractivity contribution >= 4 is 39.7 Å². The second-order valence-corrected chi connectivity index (χ2v) is 7.80. The SMILES string of the molecule is CNc1ccc(P(C)(C)=O)c2ncsc12. The lowest BCUT2D eigenvalue weighted by atomic mass is 10.3. The summed E-state index contributed by atoms with van der Waals surface area (Å²) >= 11 is 1.57. The summed E-state index contributed by atoms with van der Waals surface area (Å²) in [6.45, 7) is 3.56. The standard InChI is InChI=1S/C10H13N2OPS/c1-11-7-4-5-8(14(2,3)13)9-10(7)15-6-12-9/h4-6,11H,1-3H3. The lowest BCUT2D eigenvalue weighted by molar-refractivity contribution is 0.588. The minimum Gasteiger partial charge on any atom is -0.387 e. The van der Waals surface area contributed by atoms with Gasteiger partial charge in [0.15, 0.2) is 0 Å². The Bertz CT molecular complexity index is 543. The zero-order valence-corrected chi connectivity index (χ0v) is 10.7. The molecule has 0 amide bonds. The molecule has 0 spiro atoms. The van der Waals surface area contributed by atoms with Crippen molar-refractivity contribution < 1.29 is 4.57 Å². The van der Waals surface area contributed by atoms with Crippen LogP contribution < -0.4 is 10.6 Å². The normalized spacial score (nSPS) is 11.9. The summed E-state index contributed by atoms with van der Waals surface area (Å²) in [7, 11) is -0.364. The van der Waals surface area contributed by atoms with Crippen LogP contribution >= 0.6 is 18.5 Å². The highest BCUT2D eigenvalue weighted by Crippen LogP contribution is 2.39. The van der Waals surface area contributed by atoms with E-state index in [1.54, 1.807) is 30.2 Å². The molecule has 0 radical (unpaired) electrons. The van der Waals surface area contributed by atoms with Gasteiger partial charge in [0.2, 0.25) is 0 Å². The minimum absolute atomic E-state index is 0.873. The van der Waals surface area contributed by atoms with Gasteiger partial charge >= 0.3 is 0 Å². The van der Waals surface area contributed by atoms with Crippen LogP contribution in [-0.4, -0.2) is 25.4 Å². The maximum absolute atomic E-state index is 12.1. The molecular formula is C10H13N2OPS. The fourth-order valence-electron chi connectivity index (χ4n) is 1.57. The third kappa shape index (κ3) is 1.80. The molecule has 0 saturated carbocycles. The smallest absolute Gasteiger partial charge is 0.112 e. The van der Waals surface area contributed by atoms with Crippen LogP contribution in [-0.2, 0) is 4.57 Å². The van der Waals surface area contributed by atoms with Gasteiger partial charge in [0.1, 0.15) is 7.14 Å². The Hall–Kier alpha value is -0.860. The molecule has 0 saturated heterocycles. The molecule has 0 aliphatic heterocycles. The van der Waals surface area contributed by atoms with E-state index in [1.807, 2.05) is 19.2 Å². The average molecular weight is 240 g/mol. The Morgan fingerprint density at radius 1 is 1.40 bits per heavy atom. The van der Waals surface area contributed by atoms with Crippen molar-refractivity contribution in [3.63, 3.8) is 0 Å². The number of aromatic nitrogens is 1. The number of anilines is 1. The van der Waals surface area contributed by atoms with E-state index in [9.17, 15) is 4.57 Å². The fraction of sp³-hybridized carbons (Fsp3) is 0.300. The van der Waals surface area contributed by atoms with Crippen molar-refractivity contribution in [3.8, 4) is 0 Å². The zero-order valence-electron chi connectivity index (χ0n) is 8.94. The van der Waals surface area contributed by atoms with E-state index in [1.165, 1.54) is 0 Å². The van der Waals surface area contributed by atoms with Crippen LogP contribution in [0.25, 0.3) is 10.2 Å². The third-order valence-corrected chi connectivity index (χ3v) is 4.69. The number of hydrogen-bond donors (Lipinski definition) is 1. The van der Waals surface area contributed by atoms with E-state index in [4.69, 9.17) is 0 Å². The molecule has 2 aromatic rings. The number of nitrogens with zero attached hydrogens (tertiary/aromatic N) is 1. The van der Waals surface area contributed by atoms with Gasteiger partial charge in [-0.25, -0.2) is 4.98 Å². The number of hydrogen-bond acceptors (Lipinski definition) is 4. The molecule has 0 bridgehead atoms. The second-order valence-electron chi connectivity index (χ2n) is 3.76. The molecule has 0 aliphatic carbocycles. The largest absolute Gasteiger partial charge is 0.387 e. The van der Waals surface area contributed by atoms with Crippen molar-refractivity contribution in [1.82, 2.24) is 4.98 Å². The molecule has 0 unspecified atom stereocenters. The van der Waals surface area contributed by atoms with E-state index in [0.717, 1.165) is 21.2 Å². The summed E-state index contributed by atoms with van der Waals surface area (Å²) in [5, 5.41) is 3.99. The van der Waals surface area contributed by atoms with E-state index in [0.29, 0.717) is 0 Å². The Labute approximate surface area is 92.9 Å². The van der Waals surface area contributed by atoms with E-state index in [-0.39, 0.29) is 0 Å². The highest BCUT2D eigenvalue weighted by atomic mass is 32.1. The lowest BCUT2D eigenvalue weighted by Crippen LogP contribution is -2.05. The van der Waals surface area contributed by atoms with Crippen LogP contribution in [0.1, 0.15) is 0 Å². The lowest BCUT2D eigenvalue weighted by Gasteiger charge is -2.09. The predicted molar refractivity (Wildman–Crippen MR) is 68.3 cm³/mol. The van der Waals surface area contributed by atoms with Gasteiger partial charge in [-0.1, -0.05) is 0 Å². The summed E-state index contributed by atoms with van der Waals surface area (Å²) in [4.78, 5) is 4.30. The Morgan fingerprint density at radius 2 is 2.13 bits per heavy atom. The zero-order chi connectivity index (χ0) is 11.1. The van der Waals surface area contributed by atoms with Gasteiger partial charge in [-0.2, -0.15) is 0 Å². The van der Waals surface area contributed by atoms with Crippen molar-refractivity contribution in [2.75, 3.05) is 25.7 Å². The Morgan fingerprint density at radius 3 is 2.73 bits per heavy atom. The average Bonchev–Trinajstić information content (AvgIpc) is 2.62. The number of thiazole rings is 1. The van der Waals surface area contributed by atoms with Gasteiger partial charge in [-0.3, -0.25) is 0 Å². The molecule has 5 heteroatoms. The van der Waals surface area contributed by atoms with Crippen LogP contribution in [0.5, 0.6) is 0 Å². The van der Waals surface area contributed by atoms with Gasteiger partial charge < -0.3 is 9.88 Å². The van der Waals surface area contributed by atoms with E-state index >= 15 is 0 Å². The summed E-state index contributed by atoms with van der Waals surface area (Å²) < 4.78 is 13.2. The highest BCUT2D eigenvalue weighted by molar-refractivity contribution is 7.70. The predicted octanol–water partition coefficient (Wildman–Crippen LogP) is 2.59. The number of fused-ring (bicyclic) bond motifs is 1. The first kappa shape index (κ1) is 10.7. The first-order valence-electron chi connectivity index (χ1n) is 4.63. The van der Waals surface area contributed by atoms with Gasteiger partial charge in [0.25, 0.3) is 0 Å². The fourth-order valence-corrected chi connectivity index (χ4v) is 3.59. The molecule has 1 aromatic heterocycles. The van der Waals surface area contributed by atoms with Crippen LogP contribution in [0, 0.1) is 0 Å². The molecule has 0 aliphatic rings. The molecule has 3 nitrogen and oxygen atoms in total. The van der Waals surface area contributed by atoms with E-state index < -0.39 is 7.14 Å². The number of rotatable bonds is 2. The van der Waals surface area contributed by atoms with Crippen molar-refractivity contribution in [3.05, 3.63) is 17.6 Å². The highest BCUT2D eigenvalue weighted by Gasteiger charge is 2.17. The first-order chi connectivity index (χ1) is 7.04. The minimum atomic E-state index is -2.24. The molecule has 1 aromatic carbocycles. The maximum atomic E-state index is 12.1. The maximum Gasteiger partial charge on any atom is 0.112 e. The molecule has 0 fully saturated rings. The Balaban J connectivity index is 2.80. The number of benzene rings is 1. The van der Waals surface area contributed by atoms with Crippen LogP contribution in [0.15, 0.2) is 17.6 Å². The summed E-state index contributed by atoms with van der Waals surface area (Å²) in [6, 6.07) is 3.88. The molecule has 80 valence electrons. The monoisotopic (exact) mass is 240 g/mol. The summed E-state index contributed by atoms with van der Waals surface area (Å²) in [6.07, 6.45) is 0. The van der Waals surface area contributed by atoms with Gasteiger partial charge in [-0.15, -0.1) is 11.3 Å². The van der Waals surface area contributed by atoms with Crippen LogP contribution in [0.2, 0.25) is 0 Å².